The predicted octanol–water partition coefficient (Wildman–Crippen LogP) is 6.13. The van der Waals surface area contributed by atoms with E-state index < -0.39 is 21.7 Å². The van der Waals surface area contributed by atoms with Gasteiger partial charge in [-0.3, -0.25) is 4.79 Å². The third kappa shape index (κ3) is 4.00. The zero-order valence-electron chi connectivity index (χ0n) is 17.9. The third-order valence-electron chi connectivity index (χ3n) is 5.34. The molecule has 3 rings (SSSR count). The van der Waals surface area contributed by atoms with E-state index in [0.29, 0.717) is 5.56 Å². The van der Waals surface area contributed by atoms with Crippen LogP contribution in [0.25, 0.3) is 11.1 Å². The number of hydrogen-bond donors (Lipinski definition) is 1. The number of hydrogen-bond acceptors (Lipinski definition) is 2. The first-order chi connectivity index (χ1) is 12.9. The molecule has 0 spiro atoms. The molecule has 0 bridgehead atoms. The first-order valence-corrected chi connectivity index (χ1v) is 17.4. The second kappa shape index (κ2) is 7.25. The fraction of sp³-hybridized carbons (Fsp3) is 0.375. The standard InChI is InChI=1S/C24H32O2Si2/c1-27(2,3)16-15-18(17-28(4,5)6)24(26)22-14-10-9-12-20(22)19-11-7-8-13-21(19)23(24)25/h7-16,18,26H,17H2,1-6H3/b16-15+. The molecule has 4 heteroatoms. The van der Waals surface area contributed by atoms with Crippen molar-refractivity contribution >= 4 is 21.9 Å². The van der Waals surface area contributed by atoms with Crippen LogP contribution >= 0.6 is 0 Å². The van der Waals surface area contributed by atoms with Gasteiger partial charge >= 0.3 is 0 Å². The molecular formula is C24H32O2Si2. The number of Topliss-reactive ketones (excluding diaryl/α,β-unsaturated/α-hetero) is 1. The molecule has 28 heavy (non-hydrogen) atoms. The molecule has 0 saturated carbocycles. The summed E-state index contributed by atoms with van der Waals surface area (Å²) >= 11 is 0. The van der Waals surface area contributed by atoms with E-state index in [9.17, 15) is 9.90 Å². The van der Waals surface area contributed by atoms with Crippen molar-refractivity contribution in [3.05, 3.63) is 71.4 Å². The Morgan fingerprint density at radius 1 is 0.893 bits per heavy atom. The van der Waals surface area contributed by atoms with Crippen molar-refractivity contribution in [3.8, 4) is 11.1 Å². The third-order valence-corrected chi connectivity index (χ3v) is 8.20. The van der Waals surface area contributed by atoms with Gasteiger partial charge in [-0.1, -0.05) is 99.6 Å². The van der Waals surface area contributed by atoms with Gasteiger partial charge in [-0.2, -0.15) is 0 Å². The van der Waals surface area contributed by atoms with Gasteiger partial charge in [-0.05, 0) is 22.7 Å². The maximum Gasteiger partial charge on any atom is 0.200 e. The lowest BCUT2D eigenvalue weighted by Crippen LogP contribution is -2.47. The van der Waals surface area contributed by atoms with Gasteiger partial charge in [0.25, 0.3) is 0 Å². The minimum atomic E-state index is -1.54. The largest absolute Gasteiger partial charge is 0.376 e. The minimum Gasteiger partial charge on any atom is -0.376 e. The molecule has 1 aliphatic rings. The van der Waals surface area contributed by atoms with Crippen LogP contribution in [-0.2, 0) is 5.60 Å². The van der Waals surface area contributed by atoms with Gasteiger partial charge in [0.1, 0.15) is 0 Å². The summed E-state index contributed by atoms with van der Waals surface area (Å²) in [4.78, 5) is 13.7. The van der Waals surface area contributed by atoms with Crippen molar-refractivity contribution in [1.82, 2.24) is 0 Å². The van der Waals surface area contributed by atoms with Crippen molar-refractivity contribution in [3.63, 3.8) is 0 Å². The maximum absolute atomic E-state index is 13.7. The molecule has 2 aromatic carbocycles. The average Bonchev–Trinajstić information content (AvgIpc) is 2.61. The molecule has 0 saturated heterocycles. The molecule has 0 heterocycles. The summed E-state index contributed by atoms with van der Waals surface area (Å²) in [5.41, 5.74) is 4.05. The number of fused-ring (bicyclic) bond motifs is 3. The molecular weight excluding hydrogens is 376 g/mol. The van der Waals surface area contributed by atoms with E-state index in [2.05, 4.69) is 51.1 Å². The number of carbonyl (C=O) groups excluding carboxylic acids is 1. The molecule has 1 N–H and O–H groups in total. The fourth-order valence-electron chi connectivity index (χ4n) is 4.08. The summed E-state index contributed by atoms with van der Waals surface area (Å²) in [5, 5.41) is 12.1. The van der Waals surface area contributed by atoms with Gasteiger partial charge in [-0.15, -0.1) is 0 Å². The zero-order valence-corrected chi connectivity index (χ0v) is 19.9. The van der Waals surface area contributed by atoms with E-state index in [1.807, 2.05) is 48.5 Å². The van der Waals surface area contributed by atoms with E-state index in [1.165, 1.54) is 0 Å². The summed E-state index contributed by atoms with van der Waals surface area (Å²) in [5.74, 6) is -0.377. The molecule has 0 aliphatic heterocycles. The molecule has 2 aromatic rings. The summed E-state index contributed by atoms with van der Waals surface area (Å²) < 4.78 is 0. The highest BCUT2D eigenvalue weighted by Crippen LogP contribution is 2.48. The lowest BCUT2D eigenvalue weighted by atomic mass is 9.69. The Morgan fingerprint density at radius 3 is 2.00 bits per heavy atom. The second-order valence-corrected chi connectivity index (χ2v) is 20.9. The van der Waals surface area contributed by atoms with Crippen LogP contribution in [0.15, 0.2) is 60.3 Å². The normalized spacial score (nSPS) is 20.8. The quantitative estimate of drug-likeness (QED) is 0.605. The van der Waals surface area contributed by atoms with E-state index in [1.54, 1.807) is 0 Å². The Hall–Kier alpha value is -1.76. The van der Waals surface area contributed by atoms with Gasteiger partial charge in [0, 0.05) is 19.6 Å². The zero-order chi connectivity index (χ0) is 20.7. The average molecular weight is 409 g/mol. The van der Waals surface area contributed by atoms with Crippen molar-refractivity contribution in [2.24, 2.45) is 5.92 Å². The number of aliphatic hydroxyl groups is 1. The van der Waals surface area contributed by atoms with Gasteiger partial charge in [-0.25, -0.2) is 0 Å². The smallest absolute Gasteiger partial charge is 0.200 e. The van der Waals surface area contributed by atoms with Crippen molar-refractivity contribution in [1.29, 1.82) is 0 Å². The summed E-state index contributed by atoms with van der Waals surface area (Å²) in [6.45, 7) is 13.8. The number of rotatable bonds is 5. The Kier molecular flexibility index (Phi) is 5.43. The van der Waals surface area contributed by atoms with Gasteiger partial charge in [0.15, 0.2) is 11.4 Å². The highest BCUT2D eigenvalue weighted by atomic mass is 28.3. The monoisotopic (exact) mass is 408 g/mol. The molecule has 0 radical (unpaired) electrons. The summed E-state index contributed by atoms with van der Waals surface area (Å²) in [6.07, 6.45) is 2.16. The van der Waals surface area contributed by atoms with E-state index >= 15 is 0 Å². The highest BCUT2D eigenvalue weighted by Gasteiger charge is 2.50. The Labute approximate surface area is 171 Å². The SMILES string of the molecule is C[Si](C)(C)/C=C/C(C[Si](C)(C)C)C1(O)C(=O)c2ccccc2-c2ccccc21. The molecule has 148 valence electrons. The molecule has 2 nitrogen and oxygen atoms in total. The fourth-order valence-corrected chi connectivity index (χ4v) is 6.64. The van der Waals surface area contributed by atoms with Crippen LogP contribution < -0.4 is 0 Å². The minimum absolute atomic E-state index is 0.162. The maximum atomic E-state index is 13.7. The highest BCUT2D eigenvalue weighted by molar-refractivity contribution is 6.81. The first kappa shape index (κ1) is 21.0. The number of benzene rings is 2. The predicted molar refractivity (Wildman–Crippen MR) is 124 cm³/mol. The van der Waals surface area contributed by atoms with Crippen LogP contribution in [0.2, 0.25) is 45.3 Å². The van der Waals surface area contributed by atoms with Crippen molar-refractivity contribution < 1.29 is 9.90 Å². The summed E-state index contributed by atoms with van der Waals surface area (Å²) in [6, 6.07) is 16.4. The number of ketones is 1. The Morgan fingerprint density at radius 2 is 1.43 bits per heavy atom. The van der Waals surface area contributed by atoms with Crippen molar-refractivity contribution in [2.45, 2.75) is 50.9 Å². The molecule has 0 aromatic heterocycles. The number of carbonyl (C=O) groups is 1. The Balaban J connectivity index is 2.24. The lowest BCUT2D eigenvalue weighted by molar-refractivity contribution is 0.00921. The molecule has 2 unspecified atom stereocenters. The van der Waals surface area contributed by atoms with E-state index in [4.69, 9.17) is 0 Å². The lowest BCUT2D eigenvalue weighted by Gasteiger charge is -2.41. The molecule has 2 atom stereocenters. The van der Waals surface area contributed by atoms with Gasteiger partial charge in [0.05, 0.1) is 8.07 Å². The van der Waals surface area contributed by atoms with Crippen LogP contribution in [0.1, 0.15) is 15.9 Å². The summed E-state index contributed by atoms with van der Waals surface area (Å²) in [7, 11) is -3.00. The Bertz CT molecular complexity index is 919. The molecule has 0 amide bonds. The van der Waals surface area contributed by atoms with Crippen LogP contribution in [0.5, 0.6) is 0 Å². The van der Waals surface area contributed by atoms with Gasteiger partial charge < -0.3 is 5.11 Å². The van der Waals surface area contributed by atoms with Crippen LogP contribution in [0.3, 0.4) is 0 Å². The topological polar surface area (TPSA) is 37.3 Å². The van der Waals surface area contributed by atoms with Crippen molar-refractivity contribution in [2.75, 3.05) is 0 Å². The van der Waals surface area contributed by atoms with E-state index in [-0.39, 0.29) is 11.7 Å². The van der Waals surface area contributed by atoms with E-state index in [0.717, 1.165) is 22.7 Å². The first-order valence-electron chi connectivity index (χ1n) is 10.1. The molecule has 1 aliphatic carbocycles. The van der Waals surface area contributed by atoms with Crippen LogP contribution in [0, 0.1) is 5.92 Å². The second-order valence-electron chi connectivity index (χ2n) is 10.3. The molecule has 0 fully saturated rings. The van der Waals surface area contributed by atoms with Crippen LogP contribution in [-0.4, -0.2) is 27.0 Å². The van der Waals surface area contributed by atoms with Gasteiger partial charge in [0.2, 0.25) is 0 Å². The van der Waals surface area contributed by atoms with Crippen LogP contribution in [0.4, 0.5) is 0 Å².